The van der Waals surface area contributed by atoms with Gasteiger partial charge in [0.1, 0.15) is 0 Å². The number of para-hydroxylation sites is 1. The summed E-state index contributed by atoms with van der Waals surface area (Å²) in [5.74, 6) is 0.599. The van der Waals surface area contributed by atoms with Crippen LogP contribution in [0, 0.1) is 5.92 Å². The van der Waals surface area contributed by atoms with Crippen LogP contribution in [0.2, 0.25) is 0 Å². The van der Waals surface area contributed by atoms with Crippen molar-refractivity contribution in [2.45, 2.75) is 23.1 Å². The number of nitrogens with one attached hydrogen (secondary N) is 2. The zero-order valence-electron chi connectivity index (χ0n) is 14.4. The van der Waals surface area contributed by atoms with E-state index in [1.54, 1.807) is 11.3 Å². The number of fused-ring (bicyclic) bond motifs is 2. The van der Waals surface area contributed by atoms with Gasteiger partial charge in [-0.2, -0.15) is 0 Å². The SMILES string of the molecule is CNCC(C)Cc1nc(-c2ccc3c(c2)Nc2ccccc2S3)cs1. The first kappa shape index (κ1) is 16.6. The molecule has 2 aromatic carbocycles. The van der Waals surface area contributed by atoms with Gasteiger partial charge >= 0.3 is 0 Å². The first-order valence-corrected chi connectivity index (χ1v) is 10.2. The van der Waals surface area contributed by atoms with Gasteiger partial charge in [0.15, 0.2) is 0 Å². The van der Waals surface area contributed by atoms with Crippen LogP contribution < -0.4 is 10.6 Å². The van der Waals surface area contributed by atoms with Gasteiger partial charge in [-0.3, -0.25) is 0 Å². The Morgan fingerprint density at radius 1 is 1.12 bits per heavy atom. The summed E-state index contributed by atoms with van der Waals surface area (Å²) in [6, 6.07) is 15.0. The summed E-state index contributed by atoms with van der Waals surface area (Å²) in [5, 5.41) is 10.2. The average molecular weight is 368 g/mol. The fourth-order valence-electron chi connectivity index (χ4n) is 3.05. The zero-order valence-corrected chi connectivity index (χ0v) is 16.0. The predicted molar refractivity (Wildman–Crippen MR) is 108 cm³/mol. The molecule has 1 aliphatic rings. The summed E-state index contributed by atoms with van der Waals surface area (Å²) in [5.41, 5.74) is 4.59. The van der Waals surface area contributed by atoms with Crippen LogP contribution in [0.3, 0.4) is 0 Å². The largest absolute Gasteiger partial charge is 0.354 e. The number of benzene rings is 2. The number of hydrogen-bond donors (Lipinski definition) is 2. The highest BCUT2D eigenvalue weighted by molar-refractivity contribution is 7.99. The van der Waals surface area contributed by atoms with Gasteiger partial charge in [-0.1, -0.05) is 36.9 Å². The van der Waals surface area contributed by atoms with E-state index in [0.29, 0.717) is 5.92 Å². The third kappa shape index (κ3) is 3.59. The molecular formula is C20H21N3S2. The molecule has 0 bridgehead atoms. The van der Waals surface area contributed by atoms with E-state index in [2.05, 4.69) is 65.4 Å². The molecule has 0 saturated carbocycles. The summed E-state index contributed by atoms with van der Waals surface area (Å²) in [7, 11) is 2.00. The van der Waals surface area contributed by atoms with Gasteiger partial charge in [0, 0.05) is 27.2 Å². The van der Waals surface area contributed by atoms with E-state index in [9.17, 15) is 0 Å². The van der Waals surface area contributed by atoms with Crippen LogP contribution in [0.25, 0.3) is 11.3 Å². The number of hydrogen-bond acceptors (Lipinski definition) is 5. The molecule has 4 rings (SSSR count). The molecule has 1 unspecified atom stereocenters. The minimum absolute atomic E-state index is 0.599. The monoisotopic (exact) mass is 367 g/mol. The molecule has 2 heterocycles. The molecule has 0 radical (unpaired) electrons. The second kappa shape index (κ2) is 7.20. The minimum atomic E-state index is 0.599. The minimum Gasteiger partial charge on any atom is -0.354 e. The number of anilines is 2. The molecule has 1 atom stereocenters. The molecule has 25 heavy (non-hydrogen) atoms. The zero-order chi connectivity index (χ0) is 17.2. The van der Waals surface area contributed by atoms with Gasteiger partial charge in [-0.05, 0) is 43.8 Å². The average Bonchev–Trinajstić information content (AvgIpc) is 3.08. The predicted octanol–water partition coefficient (Wildman–Crippen LogP) is 5.42. The third-order valence-electron chi connectivity index (χ3n) is 4.28. The Labute approximate surface area is 156 Å². The Morgan fingerprint density at radius 3 is 2.84 bits per heavy atom. The maximum absolute atomic E-state index is 4.85. The Balaban J connectivity index is 1.56. The van der Waals surface area contributed by atoms with Crippen LogP contribution in [0.15, 0.2) is 57.6 Å². The Kier molecular flexibility index (Phi) is 4.79. The Bertz CT molecular complexity index is 888. The molecule has 0 saturated heterocycles. The fourth-order valence-corrected chi connectivity index (χ4v) is 4.99. The van der Waals surface area contributed by atoms with E-state index < -0.39 is 0 Å². The van der Waals surface area contributed by atoms with Crippen molar-refractivity contribution >= 4 is 34.5 Å². The molecule has 0 spiro atoms. The van der Waals surface area contributed by atoms with E-state index in [1.807, 2.05) is 18.8 Å². The molecule has 3 aromatic rings. The first-order valence-electron chi connectivity index (χ1n) is 8.50. The highest BCUT2D eigenvalue weighted by Gasteiger charge is 2.16. The molecule has 5 heteroatoms. The van der Waals surface area contributed by atoms with E-state index in [0.717, 1.165) is 18.7 Å². The van der Waals surface area contributed by atoms with Crippen molar-refractivity contribution in [2.75, 3.05) is 18.9 Å². The second-order valence-electron chi connectivity index (χ2n) is 6.43. The lowest BCUT2D eigenvalue weighted by atomic mass is 10.1. The topological polar surface area (TPSA) is 37.0 Å². The maximum Gasteiger partial charge on any atom is 0.0935 e. The van der Waals surface area contributed by atoms with Gasteiger partial charge in [0.25, 0.3) is 0 Å². The Morgan fingerprint density at radius 2 is 1.96 bits per heavy atom. The summed E-state index contributed by atoms with van der Waals surface area (Å²) in [6.45, 7) is 3.28. The summed E-state index contributed by atoms with van der Waals surface area (Å²) < 4.78 is 0. The second-order valence-corrected chi connectivity index (χ2v) is 8.45. The number of aromatic nitrogens is 1. The summed E-state index contributed by atoms with van der Waals surface area (Å²) in [6.07, 6.45) is 1.03. The van der Waals surface area contributed by atoms with Crippen molar-refractivity contribution in [3.05, 3.63) is 52.9 Å². The van der Waals surface area contributed by atoms with Crippen molar-refractivity contribution in [3.8, 4) is 11.3 Å². The molecule has 128 valence electrons. The molecule has 0 aliphatic carbocycles. The quantitative estimate of drug-likeness (QED) is 0.494. The third-order valence-corrected chi connectivity index (χ3v) is 6.30. The highest BCUT2D eigenvalue weighted by Crippen LogP contribution is 2.45. The van der Waals surface area contributed by atoms with Crippen LogP contribution in [0.5, 0.6) is 0 Å². The molecule has 0 amide bonds. The van der Waals surface area contributed by atoms with Gasteiger partial charge < -0.3 is 10.6 Å². The molecule has 0 fully saturated rings. The van der Waals surface area contributed by atoms with Crippen LogP contribution >= 0.6 is 23.1 Å². The standard InChI is InChI=1S/C20H21N3S2/c1-13(11-21-2)9-20-23-17(12-24-20)14-7-8-19-16(10-14)22-15-5-3-4-6-18(15)25-19/h3-8,10,12-13,21-22H,9,11H2,1-2H3. The van der Waals surface area contributed by atoms with E-state index >= 15 is 0 Å². The lowest BCUT2D eigenvalue weighted by Gasteiger charge is -2.21. The van der Waals surface area contributed by atoms with Crippen molar-refractivity contribution in [3.63, 3.8) is 0 Å². The fraction of sp³-hybridized carbons (Fsp3) is 0.250. The van der Waals surface area contributed by atoms with Crippen LogP contribution in [-0.2, 0) is 6.42 Å². The first-order chi connectivity index (χ1) is 12.2. The lowest BCUT2D eigenvalue weighted by Crippen LogP contribution is -2.17. The Hall–Kier alpha value is -1.82. The normalized spacial score (nSPS) is 13.7. The number of thiazole rings is 1. The number of rotatable bonds is 5. The highest BCUT2D eigenvalue weighted by atomic mass is 32.2. The van der Waals surface area contributed by atoms with Crippen LogP contribution in [-0.4, -0.2) is 18.6 Å². The lowest BCUT2D eigenvalue weighted by molar-refractivity contribution is 0.541. The van der Waals surface area contributed by atoms with Crippen LogP contribution in [0.1, 0.15) is 11.9 Å². The summed E-state index contributed by atoms with van der Waals surface area (Å²) in [4.78, 5) is 7.39. The van der Waals surface area contributed by atoms with Crippen molar-refractivity contribution < 1.29 is 0 Å². The molecule has 1 aromatic heterocycles. The van der Waals surface area contributed by atoms with Crippen molar-refractivity contribution in [1.82, 2.24) is 10.3 Å². The van der Waals surface area contributed by atoms with Gasteiger partial charge in [0.2, 0.25) is 0 Å². The van der Waals surface area contributed by atoms with E-state index in [-0.39, 0.29) is 0 Å². The van der Waals surface area contributed by atoms with E-state index in [1.165, 1.54) is 31.7 Å². The van der Waals surface area contributed by atoms with Crippen molar-refractivity contribution in [2.24, 2.45) is 5.92 Å². The molecule has 3 nitrogen and oxygen atoms in total. The van der Waals surface area contributed by atoms with Gasteiger partial charge in [-0.25, -0.2) is 4.98 Å². The van der Waals surface area contributed by atoms with Crippen LogP contribution in [0.4, 0.5) is 11.4 Å². The maximum atomic E-state index is 4.85. The number of nitrogens with zero attached hydrogens (tertiary/aromatic N) is 1. The molecule has 1 aliphatic heterocycles. The van der Waals surface area contributed by atoms with E-state index in [4.69, 9.17) is 4.98 Å². The van der Waals surface area contributed by atoms with Gasteiger partial charge in [0.05, 0.1) is 22.1 Å². The summed E-state index contributed by atoms with van der Waals surface area (Å²) >= 11 is 3.58. The smallest absolute Gasteiger partial charge is 0.0935 e. The molecular weight excluding hydrogens is 346 g/mol. The molecule has 2 N–H and O–H groups in total. The van der Waals surface area contributed by atoms with Crippen molar-refractivity contribution in [1.29, 1.82) is 0 Å². The van der Waals surface area contributed by atoms with Gasteiger partial charge in [-0.15, -0.1) is 11.3 Å².